The Kier molecular flexibility index (Phi) is 9.95. The summed E-state index contributed by atoms with van der Waals surface area (Å²) in [5.74, 6) is 0.192. The second-order valence-electron chi connectivity index (χ2n) is 3.91. The highest BCUT2D eigenvalue weighted by molar-refractivity contribution is 7.17. The predicted molar refractivity (Wildman–Crippen MR) is 91.8 cm³/mol. The summed E-state index contributed by atoms with van der Waals surface area (Å²) in [6, 6.07) is 8.25. The second-order valence-corrected chi connectivity index (χ2v) is 4.82. The van der Waals surface area contributed by atoms with E-state index in [4.69, 9.17) is 0 Å². The van der Waals surface area contributed by atoms with Crippen LogP contribution in [-0.4, -0.2) is 18.9 Å². The molecule has 1 unspecified atom stereocenters. The zero-order valence-corrected chi connectivity index (χ0v) is 14.3. The Balaban J connectivity index is 0.000000829. The molecule has 0 amide bonds. The molecule has 1 aromatic carbocycles. The molecule has 0 fully saturated rings. The number of hydrogen-bond donors (Lipinski definition) is 1. The zero-order chi connectivity index (χ0) is 15.5. The molecule has 0 radical (unpaired) electrons. The Hall–Kier alpha value is -1.19. The van der Waals surface area contributed by atoms with E-state index in [1.54, 1.807) is 18.3 Å². The molecule has 0 spiro atoms. The Morgan fingerprint density at radius 2 is 1.80 bits per heavy atom. The monoisotopic (exact) mass is 293 g/mol. The quantitative estimate of drug-likeness (QED) is 0.887. The summed E-state index contributed by atoms with van der Waals surface area (Å²) in [6.07, 6.45) is 0.774. The number of ketones is 1. The van der Waals surface area contributed by atoms with Gasteiger partial charge in [0.1, 0.15) is 5.78 Å². The van der Waals surface area contributed by atoms with E-state index in [-0.39, 0.29) is 11.8 Å². The van der Waals surface area contributed by atoms with Crippen molar-refractivity contribution in [1.29, 1.82) is 0 Å². The van der Waals surface area contributed by atoms with Gasteiger partial charge in [0.2, 0.25) is 0 Å². The van der Waals surface area contributed by atoms with E-state index in [0.717, 1.165) is 6.42 Å². The third kappa shape index (κ3) is 5.06. The maximum Gasteiger partial charge on any atom is 0.147 e. The molecule has 0 saturated heterocycles. The molecule has 0 aliphatic rings. The summed E-state index contributed by atoms with van der Waals surface area (Å²) < 4.78 is 1.29. The highest BCUT2D eigenvalue weighted by atomic mass is 32.1. The highest BCUT2D eigenvalue weighted by Crippen LogP contribution is 2.26. The van der Waals surface area contributed by atoms with Crippen molar-refractivity contribution in [3.63, 3.8) is 0 Å². The minimum atomic E-state index is -0.0713. The minimum absolute atomic E-state index is 0.0713. The molecule has 2 nitrogen and oxygen atoms in total. The topological polar surface area (TPSA) is 29.1 Å². The van der Waals surface area contributed by atoms with Crippen LogP contribution in [0.3, 0.4) is 0 Å². The lowest BCUT2D eigenvalue weighted by Crippen LogP contribution is -2.34. The molecule has 2 aromatic rings. The van der Waals surface area contributed by atoms with Gasteiger partial charge in [-0.15, -0.1) is 11.3 Å². The van der Waals surface area contributed by atoms with Crippen LogP contribution in [0, 0.1) is 0 Å². The summed E-state index contributed by atoms with van der Waals surface area (Å²) >= 11 is 1.74. The van der Waals surface area contributed by atoms with E-state index in [1.807, 2.05) is 46.9 Å². The first kappa shape index (κ1) is 18.8. The second kappa shape index (κ2) is 10.6. The molecule has 1 atom stereocenters. The highest BCUT2D eigenvalue weighted by Gasteiger charge is 2.14. The van der Waals surface area contributed by atoms with Crippen LogP contribution >= 0.6 is 11.3 Å². The molecule has 112 valence electrons. The van der Waals surface area contributed by atoms with Crippen molar-refractivity contribution >= 4 is 27.2 Å². The number of thiophene rings is 1. The standard InChI is InChI=1S/C13H15NOS.2C2H6/c1-9(15)12(14-2)7-10-8-16-13-6-4-3-5-11(10)13;2*1-2/h3-6,8,12,14H,7H2,1-2H3;2*1-2H3. The van der Waals surface area contributed by atoms with Crippen molar-refractivity contribution in [2.45, 2.75) is 47.1 Å². The number of benzene rings is 1. The summed E-state index contributed by atoms with van der Waals surface area (Å²) in [5, 5.41) is 6.48. The van der Waals surface area contributed by atoms with Crippen molar-refractivity contribution in [2.75, 3.05) is 7.05 Å². The van der Waals surface area contributed by atoms with Gasteiger partial charge in [-0.1, -0.05) is 45.9 Å². The molecule has 20 heavy (non-hydrogen) atoms. The van der Waals surface area contributed by atoms with Crippen molar-refractivity contribution in [1.82, 2.24) is 5.32 Å². The van der Waals surface area contributed by atoms with Gasteiger partial charge in [0.15, 0.2) is 0 Å². The van der Waals surface area contributed by atoms with Crippen LogP contribution in [0.5, 0.6) is 0 Å². The molecular weight excluding hydrogens is 266 g/mol. The fourth-order valence-electron chi connectivity index (χ4n) is 1.86. The van der Waals surface area contributed by atoms with E-state index in [9.17, 15) is 4.79 Å². The normalized spacial score (nSPS) is 10.9. The number of fused-ring (bicyclic) bond motifs is 1. The predicted octanol–water partition coefficient (Wildman–Crippen LogP) is 4.67. The average Bonchev–Trinajstić information content (AvgIpc) is 2.91. The Morgan fingerprint density at radius 3 is 2.35 bits per heavy atom. The Bertz CT molecular complexity index is 504. The third-order valence-electron chi connectivity index (χ3n) is 2.82. The number of likely N-dealkylation sites (N-methyl/N-ethyl adjacent to an activating group) is 1. The molecule has 1 heterocycles. The molecule has 0 saturated carbocycles. The smallest absolute Gasteiger partial charge is 0.147 e. The van der Waals surface area contributed by atoms with Crippen molar-refractivity contribution in [2.24, 2.45) is 0 Å². The molecule has 1 aromatic heterocycles. The number of carbonyl (C=O) groups is 1. The van der Waals surface area contributed by atoms with Crippen LogP contribution in [-0.2, 0) is 11.2 Å². The molecular formula is C17H27NOS. The Morgan fingerprint density at radius 1 is 1.20 bits per heavy atom. The molecule has 1 N–H and O–H groups in total. The van der Waals surface area contributed by atoms with Crippen LogP contribution in [0.4, 0.5) is 0 Å². The van der Waals surface area contributed by atoms with Gasteiger partial charge in [-0.3, -0.25) is 4.79 Å². The van der Waals surface area contributed by atoms with E-state index in [0.29, 0.717) is 0 Å². The first-order chi connectivity index (χ1) is 9.72. The van der Waals surface area contributed by atoms with Gasteiger partial charge in [0.05, 0.1) is 6.04 Å². The van der Waals surface area contributed by atoms with Gasteiger partial charge >= 0.3 is 0 Å². The third-order valence-corrected chi connectivity index (χ3v) is 3.84. The maximum absolute atomic E-state index is 11.4. The Labute approximate surface area is 127 Å². The zero-order valence-electron chi connectivity index (χ0n) is 13.5. The van der Waals surface area contributed by atoms with Crippen LogP contribution in [0.2, 0.25) is 0 Å². The van der Waals surface area contributed by atoms with Gasteiger partial charge in [-0.2, -0.15) is 0 Å². The number of hydrogen-bond acceptors (Lipinski definition) is 3. The van der Waals surface area contributed by atoms with Crippen molar-refractivity contribution in [3.8, 4) is 0 Å². The van der Waals surface area contributed by atoms with Crippen LogP contribution in [0.25, 0.3) is 10.1 Å². The van der Waals surface area contributed by atoms with E-state index in [2.05, 4.69) is 22.8 Å². The largest absolute Gasteiger partial charge is 0.310 e. The summed E-state index contributed by atoms with van der Waals surface area (Å²) in [4.78, 5) is 11.4. The van der Waals surface area contributed by atoms with Crippen LogP contribution in [0.15, 0.2) is 29.6 Å². The van der Waals surface area contributed by atoms with Crippen molar-refractivity contribution < 1.29 is 4.79 Å². The molecule has 0 bridgehead atoms. The number of nitrogens with one attached hydrogen (secondary N) is 1. The lowest BCUT2D eigenvalue weighted by Gasteiger charge is -2.11. The molecule has 0 aliphatic heterocycles. The fraction of sp³-hybridized carbons (Fsp3) is 0.471. The van der Waals surface area contributed by atoms with Gasteiger partial charge in [0.25, 0.3) is 0 Å². The average molecular weight is 293 g/mol. The number of rotatable bonds is 4. The SMILES string of the molecule is CC.CC.CNC(Cc1csc2ccccc12)C(C)=O. The van der Waals surface area contributed by atoms with Crippen LogP contribution < -0.4 is 5.32 Å². The van der Waals surface area contributed by atoms with E-state index >= 15 is 0 Å². The molecule has 2 rings (SSSR count). The summed E-state index contributed by atoms with van der Waals surface area (Å²) in [7, 11) is 1.83. The van der Waals surface area contributed by atoms with Gasteiger partial charge in [0, 0.05) is 4.70 Å². The lowest BCUT2D eigenvalue weighted by molar-refractivity contribution is -0.118. The summed E-state index contributed by atoms with van der Waals surface area (Å²) in [5.41, 5.74) is 1.26. The fourth-order valence-corrected chi connectivity index (χ4v) is 2.84. The summed E-state index contributed by atoms with van der Waals surface area (Å²) in [6.45, 7) is 9.63. The van der Waals surface area contributed by atoms with E-state index < -0.39 is 0 Å². The van der Waals surface area contributed by atoms with Gasteiger partial charge < -0.3 is 5.32 Å². The number of Topliss-reactive ketones (excluding diaryl/α,β-unsaturated/α-hetero) is 1. The molecule has 3 heteroatoms. The first-order valence-electron chi connectivity index (χ1n) is 7.35. The lowest BCUT2D eigenvalue weighted by atomic mass is 10.0. The molecule has 0 aliphatic carbocycles. The van der Waals surface area contributed by atoms with Crippen LogP contribution in [0.1, 0.15) is 40.2 Å². The number of carbonyl (C=O) groups excluding carboxylic acids is 1. The van der Waals surface area contributed by atoms with Gasteiger partial charge in [-0.05, 0) is 42.8 Å². The first-order valence-corrected chi connectivity index (χ1v) is 8.23. The minimum Gasteiger partial charge on any atom is -0.310 e. The van der Waals surface area contributed by atoms with Crippen molar-refractivity contribution in [3.05, 3.63) is 35.2 Å². The van der Waals surface area contributed by atoms with Gasteiger partial charge in [-0.25, -0.2) is 0 Å². The van der Waals surface area contributed by atoms with E-state index in [1.165, 1.54) is 15.6 Å². The maximum atomic E-state index is 11.4.